The van der Waals surface area contributed by atoms with E-state index in [1.54, 1.807) is 18.0 Å². The number of nitrogens with zero attached hydrogens (tertiary/aromatic N) is 3. The molecule has 456 valence electrons. The van der Waals surface area contributed by atoms with Crippen LogP contribution in [0.5, 0.6) is 23.0 Å². The Labute approximate surface area is 491 Å². The van der Waals surface area contributed by atoms with Crippen molar-refractivity contribution in [2.75, 3.05) is 65.0 Å². The van der Waals surface area contributed by atoms with Crippen LogP contribution in [0.2, 0.25) is 0 Å². The zero-order valence-corrected chi connectivity index (χ0v) is 47.7. The average Bonchev–Trinajstić information content (AvgIpc) is 1.34. The van der Waals surface area contributed by atoms with Crippen molar-refractivity contribution in [1.82, 2.24) is 20.1 Å². The van der Waals surface area contributed by atoms with Crippen molar-refractivity contribution in [3.63, 3.8) is 0 Å². The van der Waals surface area contributed by atoms with Gasteiger partial charge in [-0.2, -0.15) is 0 Å². The van der Waals surface area contributed by atoms with Gasteiger partial charge in [0.15, 0.2) is 12.1 Å². The summed E-state index contributed by atoms with van der Waals surface area (Å²) in [7, 11) is 1.32. The van der Waals surface area contributed by atoms with Crippen LogP contribution in [0.1, 0.15) is 131 Å². The van der Waals surface area contributed by atoms with E-state index in [-0.39, 0.29) is 78.5 Å². The molecule has 3 aromatic carbocycles. The summed E-state index contributed by atoms with van der Waals surface area (Å²) in [6.45, 7) is 4.30. The lowest BCUT2D eigenvalue weighted by Gasteiger charge is -2.45. The van der Waals surface area contributed by atoms with Crippen LogP contribution < -0.4 is 20.1 Å². The molecule has 23 heteroatoms. The lowest BCUT2D eigenvalue weighted by Crippen LogP contribution is -2.55. The molecule has 4 aromatic rings. The van der Waals surface area contributed by atoms with Gasteiger partial charge >= 0.3 is 11.9 Å². The van der Waals surface area contributed by atoms with Gasteiger partial charge in [-0.1, -0.05) is 30.3 Å². The summed E-state index contributed by atoms with van der Waals surface area (Å²) in [4.78, 5) is 87.3. The second kappa shape index (κ2) is 28.0. The number of carbonyl (C=O) groups is 6. The summed E-state index contributed by atoms with van der Waals surface area (Å²) in [5.74, 6) is -4.55. The molecule has 8 N–H and O–H groups in total. The van der Waals surface area contributed by atoms with Gasteiger partial charge in [0, 0.05) is 101 Å². The number of esters is 1. The number of carboxylic acids is 1. The van der Waals surface area contributed by atoms with Gasteiger partial charge in [-0.25, -0.2) is 4.98 Å². The topological polar surface area (TPSA) is 323 Å². The first-order chi connectivity index (χ1) is 40.9. The number of nitrogens with one attached hydrogen (secondary N) is 2. The van der Waals surface area contributed by atoms with Crippen LogP contribution in [0.25, 0.3) is 0 Å². The maximum absolute atomic E-state index is 14.2. The van der Waals surface area contributed by atoms with E-state index >= 15 is 0 Å². The number of ether oxygens (including phenoxy) is 6. The number of ketones is 2. The summed E-state index contributed by atoms with van der Waals surface area (Å²) in [6.07, 6.45) is 1.07. The molecule has 0 saturated carbocycles. The predicted octanol–water partition coefficient (Wildman–Crippen LogP) is 4.64. The summed E-state index contributed by atoms with van der Waals surface area (Å²) >= 11 is 0. The summed E-state index contributed by atoms with van der Waals surface area (Å²) in [5, 5.41) is 74.8. The fourth-order valence-electron chi connectivity index (χ4n) is 11.9. The van der Waals surface area contributed by atoms with Crippen LogP contribution >= 0.6 is 0 Å². The van der Waals surface area contributed by atoms with Crippen molar-refractivity contribution in [2.24, 2.45) is 5.92 Å². The van der Waals surface area contributed by atoms with Crippen molar-refractivity contribution < 1.29 is 87.8 Å². The molecule has 1 saturated heterocycles. The molecule has 23 nitrogen and oxygen atoms in total. The fraction of sp³-hybridized carbons (Fsp3) is 0.500. The number of anilines is 1. The van der Waals surface area contributed by atoms with Gasteiger partial charge in [0.1, 0.15) is 53.2 Å². The molecule has 0 bridgehead atoms. The minimum atomic E-state index is -2.23. The zero-order chi connectivity index (χ0) is 60.4. The molecule has 0 spiro atoms. The van der Waals surface area contributed by atoms with Gasteiger partial charge in [0.2, 0.25) is 17.6 Å². The standard InChI is InChI=1S/C62H75N5O18/c1-36-56(73)43(66-22-5-6-23-66)31-51(84-36)85-45-33-62(79,32-42-53(45)60(77)55-54(58(42)75)57(74)41-12-7-13-44(80-2)52(41)59(55)76)46(68)35-83-50(72)16-8-15-48(69)65-21-9-25-81-26-11-24-67-34-39-29-40(82-27-10-20-64-47-14-3-4-19-63-47)18-17-37(39)28-38(61(67)78)30-49(70)71/h3-5,7,12-14,17-19,22,29,36,38,43,45-46,51,56,68,73,75,77,79H,6,8-11,15-16,20-21,23-28,30-35H2,1-2H3,(H,63,64)(H,65,69)(H,70,71)/t36?,38?,43?,45-,46-,51?,56?,62-/m0/s1. The third kappa shape index (κ3) is 14.5. The number of amides is 2. The molecule has 4 heterocycles. The summed E-state index contributed by atoms with van der Waals surface area (Å²) in [6, 6.07) is 15.2. The Bertz CT molecular complexity index is 3120. The number of pyridine rings is 1. The van der Waals surface area contributed by atoms with Gasteiger partial charge in [-0.15, -0.1) is 0 Å². The Morgan fingerprint density at radius 1 is 0.918 bits per heavy atom. The molecular formula is C62H75N5O18. The number of aromatic nitrogens is 1. The lowest BCUT2D eigenvalue weighted by molar-refractivity contribution is -0.260. The second-order valence-corrected chi connectivity index (χ2v) is 22.2. The number of carboxylic acid groups (broad SMARTS) is 1. The molecule has 8 atom stereocenters. The molecule has 5 unspecified atom stereocenters. The Morgan fingerprint density at radius 2 is 1.72 bits per heavy atom. The van der Waals surface area contributed by atoms with Crippen LogP contribution in [0.15, 0.2) is 73.1 Å². The summed E-state index contributed by atoms with van der Waals surface area (Å²) in [5.41, 5.74) is -1.92. The van der Waals surface area contributed by atoms with E-state index in [1.165, 1.54) is 25.3 Å². The Morgan fingerprint density at radius 3 is 2.48 bits per heavy atom. The quantitative estimate of drug-likeness (QED) is 0.0202. The number of hydrogen-bond donors (Lipinski definition) is 8. The molecule has 5 aliphatic rings. The number of rotatable bonds is 27. The maximum Gasteiger partial charge on any atom is 0.305 e. The molecule has 0 radical (unpaired) electrons. The van der Waals surface area contributed by atoms with Crippen LogP contribution in [-0.2, 0) is 57.5 Å². The van der Waals surface area contributed by atoms with Gasteiger partial charge < -0.3 is 79.5 Å². The Hall–Kier alpha value is -7.67. The predicted molar refractivity (Wildman–Crippen MR) is 304 cm³/mol. The second-order valence-electron chi connectivity index (χ2n) is 22.2. The average molecular weight is 1180 g/mol. The maximum atomic E-state index is 14.2. The van der Waals surface area contributed by atoms with E-state index in [9.17, 15) is 59.4 Å². The number of aromatic hydroxyl groups is 2. The van der Waals surface area contributed by atoms with Gasteiger partial charge in [0.05, 0.1) is 61.0 Å². The summed E-state index contributed by atoms with van der Waals surface area (Å²) < 4.78 is 35.2. The third-order valence-electron chi connectivity index (χ3n) is 16.3. The van der Waals surface area contributed by atoms with Gasteiger partial charge in [0.25, 0.3) is 0 Å². The molecule has 2 aliphatic carbocycles. The monoisotopic (exact) mass is 1180 g/mol. The highest BCUT2D eigenvalue weighted by Crippen LogP contribution is 2.53. The van der Waals surface area contributed by atoms with E-state index in [1.807, 2.05) is 53.6 Å². The number of aliphatic carboxylic acids is 1. The van der Waals surface area contributed by atoms with Crippen molar-refractivity contribution >= 4 is 41.1 Å². The number of fused-ring (bicyclic) bond motifs is 4. The van der Waals surface area contributed by atoms with Gasteiger partial charge in [-0.05, 0) is 93.1 Å². The smallest absolute Gasteiger partial charge is 0.305 e. The first-order valence-corrected chi connectivity index (χ1v) is 29.0. The fourth-order valence-corrected chi connectivity index (χ4v) is 11.9. The van der Waals surface area contributed by atoms with Crippen LogP contribution in [0, 0.1) is 5.92 Å². The molecule has 3 aliphatic heterocycles. The minimum absolute atomic E-state index is 0.0226. The van der Waals surface area contributed by atoms with E-state index < -0.39 is 114 Å². The highest BCUT2D eigenvalue weighted by atomic mass is 16.7. The normalized spacial score (nSPS) is 22.8. The van der Waals surface area contributed by atoms with Crippen molar-refractivity contribution in [2.45, 2.75) is 133 Å². The number of benzene rings is 3. The number of phenolic OH excluding ortho intramolecular Hbond substituents is 2. The highest BCUT2D eigenvalue weighted by Gasteiger charge is 2.51. The number of aliphatic hydroxyl groups is 3. The third-order valence-corrected chi connectivity index (χ3v) is 16.3. The SMILES string of the molecule is COc1cccc2c1C(=O)c1c(O)c3c(c(O)c1C2=O)C[C@@](O)([C@@H](O)COC(=O)CCCC(=O)NCCCOCCCN1Cc2cc(OCCCNc4ccccn4)ccc2CC(CC(=O)O)C1=O)C[C@@H]3OC1CC(N2C=CCC2)C(O)C(C)O1. The van der Waals surface area contributed by atoms with Gasteiger partial charge in [-0.3, -0.25) is 28.8 Å². The minimum Gasteiger partial charge on any atom is -0.507 e. The highest BCUT2D eigenvalue weighted by molar-refractivity contribution is 6.31. The number of aliphatic hydroxyl groups excluding tert-OH is 2. The van der Waals surface area contributed by atoms with E-state index in [2.05, 4.69) is 15.6 Å². The number of hydrogen-bond acceptors (Lipinski definition) is 20. The first kappa shape index (κ1) is 61.9. The lowest BCUT2D eigenvalue weighted by atomic mass is 9.71. The number of carbonyl (C=O) groups excluding carboxylic acids is 5. The van der Waals surface area contributed by atoms with Crippen molar-refractivity contribution in [3.05, 3.63) is 118 Å². The number of methoxy groups -OCH3 is 1. The largest absolute Gasteiger partial charge is 0.507 e. The molecule has 1 fully saturated rings. The van der Waals surface area contributed by atoms with E-state index in [4.69, 9.17) is 28.4 Å². The van der Waals surface area contributed by atoms with Crippen molar-refractivity contribution in [3.8, 4) is 23.0 Å². The van der Waals surface area contributed by atoms with E-state index in [0.717, 1.165) is 29.8 Å². The van der Waals surface area contributed by atoms with Crippen molar-refractivity contribution in [1.29, 1.82) is 0 Å². The Balaban J connectivity index is 0.728. The molecule has 9 rings (SSSR count). The van der Waals surface area contributed by atoms with Crippen LogP contribution in [0.4, 0.5) is 5.82 Å². The zero-order valence-electron chi connectivity index (χ0n) is 47.7. The van der Waals surface area contributed by atoms with Crippen LogP contribution in [-0.4, -0.2) is 177 Å². The molecule has 2 amide bonds. The molecule has 85 heavy (non-hydrogen) atoms. The van der Waals surface area contributed by atoms with Crippen LogP contribution in [0.3, 0.4) is 0 Å². The van der Waals surface area contributed by atoms with E-state index in [0.29, 0.717) is 71.0 Å². The number of phenols is 2. The Kier molecular flexibility index (Phi) is 20.4. The first-order valence-electron chi connectivity index (χ1n) is 29.0. The molecule has 1 aromatic heterocycles. The molecular weight excluding hydrogens is 1100 g/mol.